The van der Waals surface area contributed by atoms with Gasteiger partial charge in [-0.05, 0) is 31.9 Å². The third-order valence-electron chi connectivity index (χ3n) is 4.74. The van der Waals surface area contributed by atoms with Crippen molar-refractivity contribution in [2.75, 3.05) is 0 Å². The van der Waals surface area contributed by atoms with Crippen molar-refractivity contribution in [3.05, 3.63) is 71.8 Å². The molecule has 1 aliphatic heterocycles. The van der Waals surface area contributed by atoms with E-state index in [0.717, 1.165) is 11.1 Å². The molecule has 1 aliphatic rings. The van der Waals surface area contributed by atoms with Crippen molar-refractivity contribution in [2.45, 2.75) is 45.4 Å². The zero-order valence-electron chi connectivity index (χ0n) is 14.9. The first-order valence-corrected chi connectivity index (χ1v) is 8.72. The average Bonchev–Trinajstić information content (AvgIpc) is 2.63. The van der Waals surface area contributed by atoms with Gasteiger partial charge in [-0.1, -0.05) is 60.7 Å². The standard InChI is InChI=1S/C21H24N2O2/c1-15(2)23-19(18-12-8-5-9-13-18)21(25)22(16(3)20(23)24)14-17-10-6-4-7-11-17/h4-13,15-16,19H,14H2,1-3H3. The summed E-state index contributed by atoms with van der Waals surface area (Å²) >= 11 is 0. The number of rotatable bonds is 4. The van der Waals surface area contributed by atoms with Crippen LogP contribution in [0.4, 0.5) is 0 Å². The molecule has 4 nitrogen and oxygen atoms in total. The van der Waals surface area contributed by atoms with E-state index < -0.39 is 12.1 Å². The van der Waals surface area contributed by atoms with Gasteiger partial charge in [0.05, 0.1) is 0 Å². The maximum atomic E-state index is 13.3. The molecule has 0 bridgehead atoms. The van der Waals surface area contributed by atoms with Gasteiger partial charge in [0.25, 0.3) is 5.91 Å². The first-order valence-electron chi connectivity index (χ1n) is 8.72. The van der Waals surface area contributed by atoms with E-state index in [2.05, 4.69) is 0 Å². The molecule has 130 valence electrons. The SMILES string of the molecule is CC1C(=O)N(C(C)C)C(c2ccccc2)C(=O)N1Cc1ccccc1. The minimum Gasteiger partial charge on any atom is -0.325 e. The van der Waals surface area contributed by atoms with Gasteiger partial charge >= 0.3 is 0 Å². The second-order valence-electron chi connectivity index (χ2n) is 6.78. The van der Waals surface area contributed by atoms with E-state index in [4.69, 9.17) is 0 Å². The Morgan fingerprint density at radius 3 is 2.00 bits per heavy atom. The van der Waals surface area contributed by atoms with Crippen LogP contribution in [0.3, 0.4) is 0 Å². The predicted octanol–water partition coefficient (Wildman–Crippen LogP) is 3.40. The van der Waals surface area contributed by atoms with Gasteiger partial charge in [0.2, 0.25) is 5.91 Å². The fourth-order valence-corrected chi connectivity index (χ4v) is 3.43. The molecule has 1 fully saturated rings. The van der Waals surface area contributed by atoms with Crippen molar-refractivity contribution in [3.8, 4) is 0 Å². The first-order chi connectivity index (χ1) is 12.0. The van der Waals surface area contributed by atoms with Crippen molar-refractivity contribution in [3.63, 3.8) is 0 Å². The number of carbonyl (C=O) groups is 2. The molecule has 1 saturated heterocycles. The van der Waals surface area contributed by atoms with Crippen LogP contribution in [0.5, 0.6) is 0 Å². The molecule has 0 aromatic heterocycles. The summed E-state index contributed by atoms with van der Waals surface area (Å²) in [5.74, 6) is -0.0183. The number of carbonyl (C=O) groups excluding carboxylic acids is 2. The minimum atomic E-state index is -0.561. The number of amides is 2. The number of hydrogen-bond acceptors (Lipinski definition) is 2. The molecule has 0 spiro atoms. The second-order valence-corrected chi connectivity index (χ2v) is 6.78. The molecule has 2 aromatic carbocycles. The van der Waals surface area contributed by atoms with Crippen molar-refractivity contribution < 1.29 is 9.59 Å². The van der Waals surface area contributed by atoms with E-state index in [1.54, 1.807) is 9.80 Å². The van der Waals surface area contributed by atoms with Crippen molar-refractivity contribution in [2.24, 2.45) is 0 Å². The van der Waals surface area contributed by atoms with Gasteiger partial charge in [0.1, 0.15) is 12.1 Å². The summed E-state index contributed by atoms with van der Waals surface area (Å²) in [7, 11) is 0. The molecular formula is C21H24N2O2. The van der Waals surface area contributed by atoms with Crippen molar-refractivity contribution >= 4 is 11.8 Å². The summed E-state index contributed by atoms with van der Waals surface area (Å²) in [6.45, 7) is 6.18. The van der Waals surface area contributed by atoms with Crippen LogP contribution in [0.1, 0.15) is 37.9 Å². The van der Waals surface area contributed by atoms with Gasteiger partial charge in [-0.3, -0.25) is 9.59 Å². The third kappa shape index (κ3) is 3.29. The summed E-state index contributed by atoms with van der Waals surface area (Å²) in [5.41, 5.74) is 1.89. The Kier molecular flexibility index (Phi) is 4.88. The Morgan fingerprint density at radius 1 is 0.880 bits per heavy atom. The van der Waals surface area contributed by atoms with Crippen LogP contribution in [0.2, 0.25) is 0 Å². The number of hydrogen-bond donors (Lipinski definition) is 0. The number of nitrogens with zero attached hydrogens (tertiary/aromatic N) is 2. The molecule has 4 heteroatoms. The largest absolute Gasteiger partial charge is 0.325 e. The predicted molar refractivity (Wildman–Crippen MR) is 97.6 cm³/mol. The highest BCUT2D eigenvalue weighted by atomic mass is 16.2. The van der Waals surface area contributed by atoms with E-state index >= 15 is 0 Å². The molecule has 2 aromatic rings. The topological polar surface area (TPSA) is 40.6 Å². The van der Waals surface area contributed by atoms with E-state index in [1.165, 1.54) is 0 Å². The summed E-state index contributed by atoms with van der Waals surface area (Å²) in [4.78, 5) is 29.8. The summed E-state index contributed by atoms with van der Waals surface area (Å²) < 4.78 is 0. The number of piperazine rings is 1. The Bertz CT molecular complexity index is 743. The van der Waals surface area contributed by atoms with Crippen molar-refractivity contribution in [1.29, 1.82) is 0 Å². The van der Waals surface area contributed by atoms with Gasteiger partial charge in [-0.2, -0.15) is 0 Å². The Labute approximate surface area is 149 Å². The smallest absolute Gasteiger partial charge is 0.251 e. The molecule has 0 saturated carbocycles. The summed E-state index contributed by atoms with van der Waals surface area (Å²) in [6.07, 6.45) is 0. The fourth-order valence-electron chi connectivity index (χ4n) is 3.43. The van der Waals surface area contributed by atoms with E-state index in [0.29, 0.717) is 6.54 Å². The van der Waals surface area contributed by atoms with E-state index in [1.807, 2.05) is 81.4 Å². The van der Waals surface area contributed by atoms with Crippen LogP contribution in [0.15, 0.2) is 60.7 Å². The van der Waals surface area contributed by atoms with Crippen LogP contribution in [-0.2, 0) is 16.1 Å². The maximum absolute atomic E-state index is 13.3. The number of benzene rings is 2. The zero-order chi connectivity index (χ0) is 18.0. The van der Waals surface area contributed by atoms with Crippen LogP contribution >= 0.6 is 0 Å². The first kappa shape index (κ1) is 17.2. The van der Waals surface area contributed by atoms with Crippen LogP contribution in [-0.4, -0.2) is 33.7 Å². The Balaban J connectivity index is 1.99. The normalized spacial score (nSPS) is 21.1. The maximum Gasteiger partial charge on any atom is 0.251 e. The van der Waals surface area contributed by atoms with Gasteiger partial charge in [-0.25, -0.2) is 0 Å². The molecule has 2 atom stereocenters. The highest BCUT2D eigenvalue weighted by molar-refractivity contribution is 5.97. The molecule has 0 radical (unpaired) electrons. The lowest BCUT2D eigenvalue weighted by atomic mass is 9.96. The minimum absolute atomic E-state index is 0.000570. The highest BCUT2D eigenvalue weighted by Gasteiger charge is 2.45. The van der Waals surface area contributed by atoms with Crippen LogP contribution in [0.25, 0.3) is 0 Å². The zero-order valence-corrected chi connectivity index (χ0v) is 14.9. The Morgan fingerprint density at radius 2 is 1.44 bits per heavy atom. The van der Waals surface area contributed by atoms with Crippen molar-refractivity contribution in [1.82, 2.24) is 9.80 Å². The second kappa shape index (κ2) is 7.09. The average molecular weight is 336 g/mol. The van der Waals surface area contributed by atoms with Crippen LogP contribution in [0, 0.1) is 0 Å². The molecule has 2 unspecified atom stereocenters. The third-order valence-corrected chi connectivity index (χ3v) is 4.74. The quantitative estimate of drug-likeness (QED) is 0.859. The van der Waals surface area contributed by atoms with Gasteiger partial charge < -0.3 is 9.80 Å². The molecule has 1 heterocycles. The lowest BCUT2D eigenvalue weighted by Crippen LogP contribution is -2.61. The van der Waals surface area contributed by atoms with Gasteiger partial charge in [0, 0.05) is 12.6 Å². The molecule has 2 amide bonds. The molecule has 25 heavy (non-hydrogen) atoms. The summed E-state index contributed by atoms with van der Waals surface area (Å²) in [6, 6.07) is 18.3. The van der Waals surface area contributed by atoms with Gasteiger partial charge in [-0.15, -0.1) is 0 Å². The molecular weight excluding hydrogens is 312 g/mol. The van der Waals surface area contributed by atoms with Gasteiger partial charge in [0.15, 0.2) is 0 Å². The fraction of sp³-hybridized carbons (Fsp3) is 0.333. The van der Waals surface area contributed by atoms with Crippen LogP contribution < -0.4 is 0 Å². The summed E-state index contributed by atoms with van der Waals surface area (Å²) in [5, 5.41) is 0. The monoisotopic (exact) mass is 336 g/mol. The highest BCUT2D eigenvalue weighted by Crippen LogP contribution is 2.32. The van der Waals surface area contributed by atoms with E-state index in [-0.39, 0.29) is 17.9 Å². The lowest BCUT2D eigenvalue weighted by molar-refractivity contribution is -0.164. The molecule has 3 rings (SSSR count). The molecule has 0 aliphatic carbocycles. The Hall–Kier alpha value is -2.62. The molecule has 0 N–H and O–H groups in total. The lowest BCUT2D eigenvalue weighted by Gasteiger charge is -2.46. The van der Waals surface area contributed by atoms with E-state index in [9.17, 15) is 9.59 Å².